The topological polar surface area (TPSA) is 94.2 Å². The molecule has 12 heteroatoms. The molecule has 3 aromatic carbocycles. The molecule has 36 heavy (non-hydrogen) atoms. The third kappa shape index (κ3) is 5.48. The summed E-state index contributed by atoms with van der Waals surface area (Å²) >= 11 is 0. The van der Waals surface area contributed by atoms with Crippen LogP contribution >= 0.6 is 0 Å². The number of amides is 1. The standard InChI is InChI=1S/C24H21F3N2O6S/c1-15-3-12-20-21(13-15)34-22(14-29(20)36(31,32)19-10-8-17(33-2)9-11-19)23(30)28-16-4-6-18(7-5-16)35-24(25,26)27/h3-13,22H,14H2,1-2H3,(H,28,30). The molecule has 1 unspecified atom stereocenters. The highest BCUT2D eigenvalue weighted by Crippen LogP contribution is 2.38. The van der Waals surface area contributed by atoms with Crippen molar-refractivity contribution in [1.29, 1.82) is 0 Å². The smallest absolute Gasteiger partial charge is 0.497 e. The highest BCUT2D eigenvalue weighted by molar-refractivity contribution is 7.92. The van der Waals surface area contributed by atoms with Crippen LogP contribution in [-0.2, 0) is 14.8 Å². The van der Waals surface area contributed by atoms with Crippen molar-refractivity contribution in [2.24, 2.45) is 0 Å². The Labute approximate surface area is 205 Å². The molecule has 3 aromatic rings. The molecule has 0 spiro atoms. The second-order valence-corrected chi connectivity index (χ2v) is 9.71. The summed E-state index contributed by atoms with van der Waals surface area (Å²) < 4.78 is 79.9. The Hall–Kier alpha value is -3.93. The van der Waals surface area contributed by atoms with E-state index in [0.717, 1.165) is 22.0 Å². The van der Waals surface area contributed by atoms with Gasteiger partial charge in [0.1, 0.15) is 17.2 Å². The molecule has 1 heterocycles. The first-order chi connectivity index (χ1) is 17.0. The number of sulfonamides is 1. The number of aryl methyl sites for hydroxylation is 1. The number of carbonyl (C=O) groups excluding carboxylic acids is 1. The van der Waals surface area contributed by atoms with E-state index in [0.29, 0.717) is 5.75 Å². The quantitative estimate of drug-likeness (QED) is 0.513. The minimum Gasteiger partial charge on any atom is -0.497 e. The number of anilines is 2. The fraction of sp³-hybridized carbons (Fsp3) is 0.208. The van der Waals surface area contributed by atoms with Gasteiger partial charge in [0.25, 0.3) is 15.9 Å². The van der Waals surface area contributed by atoms with Crippen molar-refractivity contribution in [3.63, 3.8) is 0 Å². The van der Waals surface area contributed by atoms with Crippen LogP contribution in [-0.4, -0.2) is 40.4 Å². The highest BCUT2D eigenvalue weighted by Gasteiger charge is 2.38. The number of nitrogens with one attached hydrogen (secondary N) is 1. The van der Waals surface area contributed by atoms with E-state index < -0.39 is 34.1 Å². The van der Waals surface area contributed by atoms with E-state index in [2.05, 4.69) is 10.1 Å². The fourth-order valence-corrected chi connectivity index (χ4v) is 5.04. The Balaban J connectivity index is 1.59. The van der Waals surface area contributed by atoms with Gasteiger partial charge in [-0.3, -0.25) is 9.10 Å². The molecule has 0 aromatic heterocycles. The number of hydrogen-bond donors (Lipinski definition) is 1. The average molecular weight is 523 g/mol. The van der Waals surface area contributed by atoms with Crippen molar-refractivity contribution in [1.82, 2.24) is 0 Å². The van der Waals surface area contributed by atoms with Gasteiger partial charge in [-0.2, -0.15) is 0 Å². The number of halogens is 3. The van der Waals surface area contributed by atoms with Crippen molar-refractivity contribution in [3.8, 4) is 17.2 Å². The molecule has 0 radical (unpaired) electrons. The number of benzene rings is 3. The molecule has 1 aliphatic heterocycles. The number of ether oxygens (including phenoxy) is 3. The second-order valence-electron chi connectivity index (χ2n) is 7.85. The van der Waals surface area contributed by atoms with E-state index in [1.807, 2.05) is 0 Å². The van der Waals surface area contributed by atoms with Crippen LogP contribution < -0.4 is 23.8 Å². The SMILES string of the molecule is COc1ccc(S(=O)(=O)N2CC(C(=O)Nc3ccc(OC(F)(F)F)cc3)Oc3cc(C)ccc32)cc1. The maximum absolute atomic E-state index is 13.5. The lowest BCUT2D eigenvalue weighted by molar-refractivity contribution is -0.274. The Morgan fingerprint density at radius 1 is 1.03 bits per heavy atom. The molecule has 0 saturated heterocycles. The Morgan fingerprint density at radius 2 is 1.67 bits per heavy atom. The summed E-state index contributed by atoms with van der Waals surface area (Å²) in [6.45, 7) is 1.46. The molecule has 0 bridgehead atoms. The number of nitrogens with zero attached hydrogens (tertiary/aromatic N) is 1. The van der Waals surface area contributed by atoms with Gasteiger partial charge < -0.3 is 19.5 Å². The lowest BCUT2D eigenvalue weighted by Crippen LogP contribution is -2.48. The molecular weight excluding hydrogens is 501 g/mol. The largest absolute Gasteiger partial charge is 0.573 e. The van der Waals surface area contributed by atoms with E-state index in [1.165, 1.54) is 43.5 Å². The molecule has 1 N–H and O–H groups in total. The van der Waals surface area contributed by atoms with Crippen LogP contribution in [0.2, 0.25) is 0 Å². The van der Waals surface area contributed by atoms with Crippen LogP contribution in [0.5, 0.6) is 17.2 Å². The van der Waals surface area contributed by atoms with Crippen molar-refractivity contribution in [2.75, 3.05) is 23.3 Å². The predicted octanol–water partition coefficient (Wildman–Crippen LogP) is 4.50. The summed E-state index contributed by atoms with van der Waals surface area (Å²) in [5, 5.41) is 2.54. The molecule has 1 atom stereocenters. The number of rotatable bonds is 6. The zero-order valence-electron chi connectivity index (χ0n) is 19.1. The Bertz CT molecular complexity index is 1360. The highest BCUT2D eigenvalue weighted by atomic mass is 32.2. The fourth-order valence-electron chi connectivity index (χ4n) is 3.56. The number of hydrogen-bond acceptors (Lipinski definition) is 6. The van der Waals surface area contributed by atoms with E-state index >= 15 is 0 Å². The lowest BCUT2D eigenvalue weighted by Gasteiger charge is -2.35. The molecule has 190 valence electrons. The molecule has 0 aliphatic carbocycles. The average Bonchev–Trinajstić information content (AvgIpc) is 2.83. The third-order valence-electron chi connectivity index (χ3n) is 5.28. The van der Waals surface area contributed by atoms with E-state index in [-0.39, 0.29) is 28.6 Å². The van der Waals surface area contributed by atoms with Gasteiger partial charge in [0.2, 0.25) is 0 Å². The van der Waals surface area contributed by atoms with Gasteiger partial charge in [0, 0.05) is 5.69 Å². The van der Waals surface area contributed by atoms with Gasteiger partial charge in [0.15, 0.2) is 6.10 Å². The second kappa shape index (κ2) is 9.61. The minimum absolute atomic E-state index is 0.00358. The van der Waals surface area contributed by atoms with Crippen LogP contribution in [0.3, 0.4) is 0 Å². The summed E-state index contributed by atoms with van der Waals surface area (Å²) in [6, 6.07) is 15.3. The van der Waals surface area contributed by atoms with Gasteiger partial charge in [-0.25, -0.2) is 8.42 Å². The number of methoxy groups -OCH3 is 1. The molecule has 1 aliphatic rings. The van der Waals surface area contributed by atoms with Gasteiger partial charge >= 0.3 is 6.36 Å². The molecule has 4 rings (SSSR count). The van der Waals surface area contributed by atoms with Crippen LogP contribution in [0.1, 0.15) is 5.56 Å². The Morgan fingerprint density at radius 3 is 2.28 bits per heavy atom. The number of carbonyl (C=O) groups is 1. The predicted molar refractivity (Wildman–Crippen MR) is 125 cm³/mol. The maximum Gasteiger partial charge on any atom is 0.573 e. The van der Waals surface area contributed by atoms with Crippen molar-refractivity contribution in [3.05, 3.63) is 72.3 Å². The normalized spacial score (nSPS) is 15.5. The molecule has 0 saturated carbocycles. The first kappa shape index (κ1) is 25.2. The van der Waals surface area contributed by atoms with Crippen LogP contribution in [0, 0.1) is 6.92 Å². The molecule has 8 nitrogen and oxygen atoms in total. The van der Waals surface area contributed by atoms with E-state index in [1.54, 1.807) is 25.1 Å². The van der Waals surface area contributed by atoms with Gasteiger partial charge in [-0.15, -0.1) is 13.2 Å². The lowest BCUT2D eigenvalue weighted by atomic mass is 10.1. The van der Waals surface area contributed by atoms with Crippen LogP contribution in [0.25, 0.3) is 0 Å². The number of fused-ring (bicyclic) bond motifs is 1. The zero-order valence-corrected chi connectivity index (χ0v) is 19.9. The summed E-state index contributed by atoms with van der Waals surface area (Å²) in [5.74, 6) is -0.444. The van der Waals surface area contributed by atoms with E-state index in [4.69, 9.17) is 9.47 Å². The molecule has 1 amide bonds. The number of alkyl halides is 3. The summed E-state index contributed by atoms with van der Waals surface area (Å²) in [4.78, 5) is 13.0. The first-order valence-corrected chi connectivity index (χ1v) is 12.0. The van der Waals surface area contributed by atoms with Gasteiger partial charge in [-0.1, -0.05) is 6.07 Å². The van der Waals surface area contributed by atoms with Gasteiger partial charge in [-0.05, 0) is 73.2 Å². The van der Waals surface area contributed by atoms with Crippen molar-refractivity contribution < 1.29 is 40.6 Å². The molecule has 0 fully saturated rings. The van der Waals surface area contributed by atoms with Crippen molar-refractivity contribution in [2.45, 2.75) is 24.3 Å². The third-order valence-corrected chi connectivity index (χ3v) is 7.07. The summed E-state index contributed by atoms with van der Waals surface area (Å²) in [6.07, 6.45) is -6.08. The zero-order chi connectivity index (χ0) is 26.1. The molecular formula is C24H21F3N2O6S. The Kier molecular flexibility index (Phi) is 6.72. The van der Waals surface area contributed by atoms with Crippen molar-refractivity contribution >= 4 is 27.3 Å². The summed E-state index contributed by atoms with van der Waals surface area (Å²) in [7, 11) is -2.62. The maximum atomic E-state index is 13.5. The van der Waals surface area contributed by atoms with Crippen LogP contribution in [0.15, 0.2) is 71.6 Å². The first-order valence-electron chi connectivity index (χ1n) is 10.6. The summed E-state index contributed by atoms with van der Waals surface area (Å²) in [5.41, 5.74) is 1.24. The monoisotopic (exact) mass is 522 g/mol. The van der Waals surface area contributed by atoms with Gasteiger partial charge in [0.05, 0.1) is 24.2 Å². The van der Waals surface area contributed by atoms with E-state index in [9.17, 15) is 26.4 Å². The van der Waals surface area contributed by atoms with Crippen LogP contribution in [0.4, 0.5) is 24.5 Å². The minimum atomic E-state index is -4.84.